The first-order valence-corrected chi connectivity index (χ1v) is 2.58. The van der Waals surface area contributed by atoms with Crippen molar-refractivity contribution in [3.05, 3.63) is 0 Å². The van der Waals surface area contributed by atoms with Crippen LogP contribution in [-0.4, -0.2) is 12.7 Å². The third-order valence-electron chi connectivity index (χ3n) is 1.87. The number of hydrogen-bond donors (Lipinski definition) is 0. The van der Waals surface area contributed by atoms with Crippen LogP contribution in [0, 0.1) is 5.92 Å². The average Bonchev–Trinajstić information content (AvgIpc) is 1.54. The minimum absolute atomic E-state index is 0.713. The standard InChI is InChI=1S/C5H8O/c1-2-5-4(1)3-6-5/h4-5H,1-3H2. The molecule has 0 bridgehead atoms. The Balaban J connectivity index is 2.03. The number of ether oxygens (including phenoxy) is 1. The quantitative estimate of drug-likeness (QED) is 0.421. The molecule has 1 heteroatoms. The van der Waals surface area contributed by atoms with Gasteiger partial charge >= 0.3 is 0 Å². The van der Waals surface area contributed by atoms with Crippen LogP contribution in [0.25, 0.3) is 0 Å². The highest BCUT2D eigenvalue weighted by atomic mass is 16.5. The molecule has 34 valence electrons. The summed E-state index contributed by atoms with van der Waals surface area (Å²) < 4.78 is 5.13. The van der Waals surface area contributed by atoms with E-state index in [4.69, 9.17) is 4.74 Å². The highest BCUT2D eigenvalue weighted by Gasteiger charge is 2.39. The van der Waals surface area contributed by atoms with E-state index in [1.165, 1.54) is 12.8 Å². The Hall–Kier alpha value is -0.0400. The lowest BCUT2D eigenvalue weighted by molar-refractivity contribution is -0.173. The smallest absolute Gasteiger partial charge is 0.0625 e. The molecule has 1 nitrogen and oxygen atoms in total. The Bertz CT molecular complexity index is 52.3. The minimum atomic E-state index is 0.713. The molecule has 1 heterocycles. The van der Waals surface area contributed by atoms with E-state index in [1.807, 2.05) is 0 Å². The summed E-state index contributed by atoms with van der Waals surface area (Å²) in [5.74, 6) is 0.991. The SMILES string of the molecule is C1CC2OCC12. The van der Waals surface area contributed by atoms with Crippen LogP contribution in [0.3, 0.4) is 0 Å². The summed E-state index contributed by atoms with van der Waals surface area (Å²) in [5, 5.41) is 0. The second-order valence-electron chi connectivity index (χ2n) is 2.21. The molecule has 0 N–H and O–H groups in total. The highest BCUT2D eigenvalue weighted by molar-refractivity contribution is 4.88. The first-order chi connectivity index (χ1) is 2.97. The molecule has 0 amide bonds. The van der Waals surface area contributed by atoms with Gasteiger partial charge in [0.1, 0.15) is 0 Å². The van der Waals surface area contributed by atoms with E-state index in [0.29, 0.717) is 6.10 Å². The van der Waals surface area contributed by atoms with Crippen LogP contribution < -0.4 is 0 Å². The maximum atomic E-state index is 5.13. The van der Waals surface area contributed by atoms with Crippen molar-refractivity contribution < 1.29 is 4.74 Å². The summed E-state index contributed by atoms with van der Waals surface area (Å²) in [6.07, 6.45) is 3.49. The number of rotatable bonds is 0. The first-order valence-electron chi connectivity index (χ1n) is 2.58. The predicted molar refractivity (Wildman–Crippen MR) is 22.5 cm³/mol. The van der Waals surface area contributed by atoms with Gasteiger partial charge in [-0.25, -0.2) is 0 Å². The van der Waals surface area contributed by atoms with Gasteiger partial charge in [0.2, 0.25) is 0 Å². The lowest BCUT2D eigenvalue weighted by Gasteiger charge is -2.45. The third-order valence-corrected chi connectivity index (χ3v) is 1.87. The molecule has 1 saturated carbocycles. The normalized spacial score (nSPS) is 52.0. The van der Waals surface area contributed by atoms with Gasteiger partial charge < -0.3 is 4.74 Å². The Morgan fingerprint density at radius 3 is 2.17 bits per heavy atom. The van der Waals surface area contributed by atoms with Crippen LogP contribution in [0.4, 0.5) is 0 Å². The van der Waals surface area contributed by atoms with Gasteiger partial charge in [0, 0.05) is 5.92 Å². The van der Waals surface area contributed by atoms with Crippen molar-refractivity contribution in [2.45, 2.75) is 18.9 Å². The molecule has 2 unspecified atom stereocenters. The van der Waals surface area contributed by atoms with E-state index in [0.717, 1.165) is 12.5 Å². The van der Waals surface area contributed by atoms with Gasteiger partial charge in [0.05, 0.1) is 12.7 Å². The highest BCUT2D eigenvalue weighted by Crippen LogP contribution is 2.38. The van der Waals surface area contributed by atoms with Crippen LogP contribution in [0.2, 0.25) is 0 Å². The van der Waals surface area contributed by atoms with E-state index in [2.05, 4.69) is 0 Å². The van der Waals surface area contributed by atoms with Gasteiger partial charge in [-0.05, 0) is 12.8 Å². The van der Waals surface area contributed by atoms with Crippen LogP contribution in [-0.2, 0) is 4.74 Å². The van der Waals surface area contributed by atoms with Crippen molar-refractivity contribution in [3.8, 4) is 0 Å². The molecule has 6 heavy (non-hydrogen) atoms. The van der Waals surface area contributed by atoms with E-state index in [9.17, 15) is 0 Å². The molecule has 0 aromatic carbocycles. The molecular formula is C5H8O. The van der Waals surface area contributed by atoms with E-state index < -0.39 is 0 Å². The maximum Gasteiger partial charge on any atom is 0.0625 e. The van der Waals surface area contributed by atoms with Crippen molar-refractivity contribution in [2.24, 2.45) is 5.92 Å². The molecule has 0 spiro atoms. The monoisotopic (exact) mass is 84.1 g/mol. The maximum absolute atomic E-state index is 5.13. The van der Waals surface area contributed by atoms with Crippen molar-refractivity contribution in [1.29, 1.82) is 0 Å². The summed E-state index contributed by atoms with van der Waals surface area (Å²) >= 11 is 0. The van der Waals surface area contributed by atoms with Crippen molar-refractivity contribution >= 4 is 0 Å². The molecule has 2 atom stereocenters. The average molecular weight is 84.1 g/mol. The van der Waals surface area contributed by atoms with Crippen molar-refractivity contribution in [1.82, 2.24) is 0 Å². The summed E-state index contributed by atoms with van der Waals surface area (Å²) in [5.41, 5.74) is 0. The lowest BCUT2D eigenvalue weighted by Crippen LogP contribution is -2.47. The van der Waals surface area contributed by atoms with Crippen LogP contribution in [0.1, 0.15) is 12.8 Å². The summed E-state index contributed by atoms with van der Waals surface area (Å²) in [4.78, 5) is 0. The molecule has 1 saturated heterocycles. The molecule has 2 rings (SSSR count). The summed E-state index contributed by atoms with van der Waals surface area (Å²) in [6, 6.07) is 0. The van der Waals surface area contributed by atoms with Gasteiger partial charge in [-0.2, -0.15) is 0 Å². The van der Waals surface area contributed by atoms with Gasteiger partial charge in [0.15, 0.2) is 0 Å². The largest absolute Gasteiger partial charge is 0.377 e. The Morgan fingerprint density at radius 2 is 2.17 bits per heavy atom. The first kappa shape index (κ1) is 3.03. The van der Waals surface area contributed by atoms with E-state index in [-0.39, 0.29) is 0 Å². The second-order valence-corrected chi connectivity index (χ2v) is 2.21. The fourth-order valence-electron chi connectivity index (χ4n) is 1.07. The molecule has 0 aromatic rings. The molecule has 0 radical (unpaired) electrons. The van der Waals surface area contributed by atoms with Crippen molar-refractivity contribution in [2.75, 3.05) is 6.61 Å². The molecular weight excluding hydrogens is 76.1 g/mol. The number of hydrogen-bond acceptors (Lipinski definition) is 1. The van der Waals surface area contributed by atoms with Gasteiger partial charge in [0.25, 0.3) is 0 Å². The topological polar surface area (TPSA) is 9.23 Å². The Labute approximate surface area is 37.3 Å². The molecule has 0 aromatic heterocycles. The van der Waals surface area contributed by atoms with Crippen molar-refractivity contribution in [3.63, 3.8) is 0 Å². The van der Waals surface area contributed by atoms with Gasteiger partial charge in [-0.1, -0.05) is 0 Å². The second kappa shape index (κ2) is 0.784. The van der Waals surface area contributed by atoms with E-state index in [1.54, 1.807) is 0 Å². The Morgan fingerprint density at radius 1 is 1.33 bits per heavy atom. The van der Waals surface area contributed by atoms with Crippen LogP contribution >= 0.6 is 0 Å². The number of fused-ring (bicyclic) bond motifs is 1. The van der Waals surface area contributed by atoms with Crippen LogP contribution in [0.15, 0.2) is 0 Å². The summed E-state index contributed by atoms with van der Waals surface area (Å²) in [7, 11) is 0. The lowest BCUT2D eigenvalue weighted by atomic mass is 9.78. The molecule has 1 aliphatic carbocycles. The zero-order valence-corrected chi connectivity index (χ0v) is 3.68. The zero-order valence-electron chi connectivity index (χ0n) is 3.68. The fourth-order valence-corrected chi connectivity index (χ4v) is 1.07. The van der Waals surface area contributed by atoms with E-state index >= 15 is 0 Å². The molecule has 1 aliphatic heterocycles. The van der Waals surface area contributed by atoms with Gasteiger partial charge in [-0.3, -0.25) is 0 Å². The Kier molecular flexibility index (Phi) is 0.396. The molecule has 2 aliphatic rings. The minimum Gasteiger partial charge on any atom is -0.377 e. The van der Waals surface area contributed by atoms with Gasteiger partial charge in [-0.15, -0.1) is 0 Å². The fraction of sp³-hybridized carbons (Fsp3) is 1.00. The van der Waals surface area contributed by atoms with Crippen LogP contribution in [0.5, 0.6) is 0 Å². The third kappa shape index (κ3) is 0.178. The zero-order chi connectivity index (χ0) is 3.98. The summed E-state index contributed by atoms with van der Waals surface area (Å²) in [6.45, 7) is 1.06. The molecule has 2 fully saturated rings. The predicted octanol–water partition coefficient (Wildman–Crippen LogP) is 0.795.